The molecule has 1 nitrogen and oxygen atoms in total. The SMILES string of the molecule is CSc1ccc(Oc2ccc(SC)cc2CCBr)c(CCBr)c1. The minimum Gasteiger partial charge on any atom is -0.457 e. The summed E-state index contributed by atoms with van der Waals surface area (Å²) in [5.41, 5.74) is 2.49. The van der Waals surface area contributed by atoms with Crippen molar-refractivity contribution >= 4 is 55.4 Å². The van der Waals surface area contributed by atoms with E-state index in [9.17, 15) is 0 Å². The molecule has 0 unspecified atom stereocenters. The molecule has 0 bridgehead atoms. The van der Waals surface area contributed by atoms with Crippen molar-refractivity contribution in [2.45, 2.75) is 22.6 Å². The number of halogens is 2. The molecule has 0 heterocycles. The van der Waals surface area contributed by atoms with Crippen LogP contribution in [0.2, 0.25) is 0 Å². The van der Waals surface area contributed by atoms with Gasteiger partial charge in [0.05, 0.1) is 0 Å². The van der Waals surface area contributed by atoms with Crippen molar-refractivity contribution in [1.29, 1.82) is 0 Å². The van der Waals surface area contributed by atoms with Crippen LogP contribution in [0.1, 0.15) is 11.1 Å². The third-order valence-electron chi connectivity index (χ3n) is 3.48. The van der Waals surface area contributed by atoms with Gasteiger partial charge in [-0.05, 0) is 72.9 Å². The van der Waals surface area contributed by atoms with Crippen molar-refractivity contribution in [2.75, 3.05) is 23.2 Å². The molecule has 0 amide bonds. The van der Waals surface area contributed by atoms with Gasteiger partial charge in [0.1, 0.15) is 11.5 Å². The van der Waals surface area contributed by atoms with E-state index < -0.39 is 0 Å². The number of thioether (sulfide) groups is 2. The van der Waals surface area contributed by atoms with Crippen LogP contribution in [-0.4, -0.2) is 23.2 Å². The Kier molecular flexibility index (Phi) is 8.38. The van der Waals surface area contributed by atoms with Gasteiger partial charge < -0.3 is 4.74 Å². The lowest BCUT2D eigenvalue weighted by Crippen LogP contribution is -1.97. The Labute approximate surface area is 164 Å². The molecule has 2 rings (SSSR count). The molecule has 0 aliphatic rings. The molecular weight excluding hydrogens is 456 g/mol. The van der Waals surface area contributed by atoms with E-state index in [4.69, 9.17) is 4.74 Å². The standard InChI is InChI=1S/C18H20Br2OS2/c1-22-15-3-5-17(13(11-15)7-9-19)21-18-6-4-16(23-2)12-14(18)8-10-20/h3-6,11-12H,7-10H2,1-2H3. The molecular formula is C18H20Br2OS2. The van der Waals surface area contributed by atoms with Crippen molar-refractivity contribution in [3.05, 3.63) is 47.5 Å². The average molecular weight is 476 g/mol. The van der Waals surface area contributed by atoms with E-state index in [1.54, 1.807) is 23.5 Å². The summed E-state index contributed by atoms with van der Waals surface area (Å²) in [4.78, 5) is 2.54. The summed E-state index contributed by atoms with van der Waals surface area (Å²) in [7, 11) is 0. The van der Waals surface area contributed by atoms with Crippen LogP contribution in [0.5, 0.6) is 11.5 Å². The Bertz CT molecular complexity index is 591. The number of hydrogen-bond acceptors (Lipinski definition) is 3. The zero-order valence-electron chi connectivity index (χ0n) is 13.3. The molecule has 0 saturated heterocycles. The molecule has 2 aromatic rings. The lowest BCUT2D eigenvalue weighted by molar-refractivity contribution is 0.470. The smallest absolute Gasteiger partial charge is 0.130 e. The fourth-order valence-corrected chi connectivity index (χ4v) is 4.06. The predicted molar refractivity (Wildman–Crippen MR) is 112 cm³/mol. The van der Waals surface area contributed by atoms with E-state index >= 15 is 0 Å². The van der Waals surface area contributed by atoms with Gasteiger partial charge in [-0.1, -0.05) is 31.9 Å². The number of hydrogen-bond donors (Lipinski definition) is 0. The van der Waals surface area contributed by atoms with Gasteiger partial charge in [0.2, 0.25) is 0 Å². The summed E-state index contributed by atoms with van der Waals surface area (Å²) in [6.45, 7) is 0. The molecule has 0 radical (unpaired) electrons. The summed E-state index contributed by atoms with van der Waals surface area (Å²) in [5, 5.41) is 1.86. The highest BCUT2D eigenvalue weighted by atomic mass is 79.9. The van der Waals surface area contributed by atoms with Crippen molar-refractivity contribution in [1.82, 2.24) is 0 Å². The maximum absolute atomic E-state index is 6.28. The van der Waals surface area contributed by atoms with Gasteiger partial charge in [-0.15, -0.1) is 23.5 Å². The topological polar surface area (TPSA) is 9.23 Å². The quantitative estimate of drug-likeness (QED) is 0.307. The molecule has 5 heteroatoms. The molecule has 23 heavy (non-hydrogen) atoms. The minimum atomic E-state index is 0.931. The van der Waals surface area contributed by atoms with E-state index in [1.165, 1.54) is 20.9 Å². The Morgan fingerprint density at radius 2 is 1.22 bits per heavy atom. The van der Waals surface area contributed by atoms with Crippen LogP contribution >= 0.6 is 55.4 Å². The second kappa shape index (κ2) is 10.0. The highest BCUT2D eigenvalue weighted by molar-refractivity contribution is 9.09. The fraction of sp³-hybridized carbons (Fsp3) is 0.333. The highest BCUT2D eigenvalue weighted by Gasteiger charge is 2.10. The molecule has 0 fully saturated rings. The summed E-state index contributed by atoms with van der Waals surface area (Å²) >= 11 is 10.6. The summed E-state index contributed by atoms with van der Waals surface area (Å²) in [6.07, 6.45) is 6.12. The first-order valence-corrected chi connectivity index (χ1v) is 12.0. The first-order chi connectivity index (χ1) is 11.2. The van der Waals surface area contributed by atoms with E-state index in [2.05, 4.69) is 80.8 Å². The van der Waals surface area contributed by atoms with Gasteiger partial charge >= 0.3 is 0 Å². The van der Waals surface area contributed by atoms with E-state index in [0.717, 1.165) is 35.0 Å². The molecule has 0 aliphatic heterocycles. The Morgan fingerprint density at radius 3 is 1.57 bits per heavy atom. The molecule has 0 aromatic heterocycles. The number of aryl methyl sites for hydroxylation is 2. The van der Waals surface area contributed by atoms with E-state index in [1.807, 2.05) is 0 Å². The lowest BCUT2D eigenvalue weighted by atomic mass is 10.1. The van der Waals surface area contributed by atoms with Crippen molar-refractivity contribution < 1.29 is 4.74 Å². The van der Waals surface area contributed by atoms with Gasteiger partial charge in [0, 0.05) is 20.5 Å². The molecule has 0 spiro atoms. The van der Waals surface area contributed by atoms with Crippen LogP contribution in [0.4, 0.5) is 0 Å². The third kappa shape index (κ3) is 5.45. The maximum atomic E-state index is 6.28. The zero-order valence-corrected chi connectivity index (χ0v) is 18.1. The van der Waals surface area contributed by atoms with E-state index in [0.29, 0.717) is 0 Å². The first kappa shape index (κ1) is 19.2. The molecule has 0 atom stereocenters. The van der Waals surface area contributed by atoms with Crippen LogP contribution in [0, 0.1) is 0 Å². The molecule has 2 aromatic carbocycles. The minimum absolute atomic E-state index is 0.931. The monoisotopic (exact) mass is 474 g/mol. The van der Waals surface area contributed by atoms with Gasteiger partial charge in [0.15, 0.2) is 0 Å². The van der Waals surface area contributed by atoms with Crippen molar-refractivity contribution in [2.24, 2.45) is 0 Å². The number of rotatable bonds is 8. The second-order valence-corrected chi connectivity index (χ2v) is 8.27. The number of benzene rings is 2. The fourth-order valence-electron chi connectivity index (χ4n) is 2.28. The Morgan fingerprint density at radius 1 is 0.783 bits per heavy atom. The van der Waals surface area contributed by atoms with Gasteiger partial charge in [-0.2, -0.15) is 0 Å². The van der Waals surface area contributed by atoms with Gasteiger partial charge in [-0.3, -0.25) is 0 Å². The predicted octanol–water partition coefficient (Wildman–Crippen LogP) is 6.80. The summed E-state index contributed by atoms with van der Waals surface area (Å²) in [6, 6.07) is 12.9. The van der Waals surface area contributed by atoms with E-state index in [-0.39, 0.29) is 0 Å². The largest absolute Gasteiger partial charge is 0.457 e. The first-order valence-electron chi connectivity index (χ1n) is 7.35. The Balaban J connectivity index is 2.34. The van der Waals surface area contributed by atoms with Gasteiger partial charge in [-0.25, -0.2) is 0 Å². The highest BCUT2D eigenvalue weighted by Crippen LogP contribution is 2.33. The second-order valence-electron chi connectivity index (χ2n) is 4.93. The van der Waals surface area contributed by atoms with Crippen LogP contribution < -0.4 is 4.74 Å². The third-order valence-corrected chi connectivity index (χ3v) is 5.73. The summed E-state index contributed by atoms with van der Waals surface area (Å²) < 4.78 is 6.28. The average Bonchev–Trinajstić information content (AvgIpc) is 2.58. The summed E-state index contributed by atoms with van der Waals surface area (Å²) in [5.74, 6) is 1.91. The van der Waals surface area contributed by atoms with Crippen molar-refractivity contribution in [3.8, 4) is 11.5 Å². The van der Waals surface area contributed by atoms with Crippen molar-refractivity contribution in [3.63, 3.8) is 0 Å². The van der Waals surface area contributed by atoms with Gasteiger partial charge in [0.25, 0.3) is 0 Å². The molecule has 0 N–H and O–H groups in total. The molecule has 0 saturated carbocycles. The van der Waals surface area contributed by atoms with Crippen LogP contribution in [-0.2, 0) is 12.8 Å². The molecule has 124 valence electrons. The number of ether oxygens (including phenoxy) is 1. The van der Waals surface area contributed by atoms with Crippen LogP contribution in [0.25, 0.3) is 0 Å². The van der Waals surface area contributed by atoms with Crippen LogP contribution in [0.15, 0.2) is 46.2 Å². The maximum Gasteiger partial charge on any atom is 0.130 e. The number of alkyl halides is 2. The lowest BCUT2D eigenvalue weighted by Gasteiger charge is -2.15. The Hall–Kier alpha value is -0.100. The normalized spacial score (nSPS) is 10.8. The van der Waals surface area contributed by atoms with Crippen LogP contribution in [0.3, 0.4) is 0 Å². The molecule has 0 aliphatic carbocycles. The zero-order chi connectivity index (χ0) is 16.7.